The van der Waals surface area contributed by atoms with Crippen molar-refractivity contribution in [1.82, 2.24) is 0 Å². The fourth-order valence-electron chi connectivity index (χ4n) is 1.36. The Kier molecular flexibility index (Phi) is 4.34. The van der Waals surface area contributed by atoms with Crippen LogP contribution in [0, 0.1) is 5.41 Å². The molecule has 1 aromatic carbocycles. The van der Waals surface area contributed by atoms with Gasteiger partial charge in [0.15, 0.2) is 9.84 Å². The summed E-state index contributed by atoms with van der Waals surface area (Å²) < 4.78 is 22.6. The molecule has 1 aromatic rings. The molecule has 100 valence electrons. The molecule has 2 amide bonds. The highest BCUT2D eigenvalue weighted by Gasteiger charge is 2.19. The maximum atomic E-state index is 11.6. The number of hydrogen-bond acceptors (Lipinski definition) is 5. The van der Waals surface area contributed by atoms with Gasteiger partial charge >= 0.3 is 0 Å². The maximum absolute atomic E-state index is 11.6. The summed E-state index contributed by atoms with van der Waals surface area (Å²) in [7, 11) is -3.35. The van der Waals surface area contributed by atoms with E-state index in [9.17, 15) is 18.0 Å². The van der Waals surface area contributed by atoms with Crippen molar-refractivity contribution in [1.29, 1.82) is 5.41 Å². The maximum Gasteiger partial charge on any atom is 0.275 e. The lowest BCUT2D eigenvalue weighted by Gasteiger charge is -2.17. The molecule has 0 atom stereocenters. The fourth-order valence-corrected chi connectivity index (χ4v) is 1.99. The van der Waals surface area contributed by atoms with E-state index in [-0.39, 0.29) is 10.6 Å². The third-order valence-corrected chi connectivity index (χ3v) is 3.39. The first-order valence-electron chi connectivity index (χ1n) is 5.12. The number of carbonyl (C=O) groups is 2. The molecule has 0 fully saturated rings. The Morgan fingerprint density at radius 2 is 1.74 bits per heavy atom. The van der Waals surface area contributed by atoms with Gasteiger partial charge in [0.25, 0.3) is 11.8 Å². The normalized spacial score (nSPS) is 10.6. The first-order chi connectivity index (χ1) is 8.81. The van der Waals surface area contributed by atoms with E-state index in [1.54, 1.807) is 0 Å². The minimum atomic E-state index is -3.35. The lowest BCUT2D eigenvalue weighted by Crippen LogP contribution is -2.36. The molecule has 0 saturated carbocycles. The van der Waals surface area contributed by atoms with Crippen molar-refractivity contribution in [2.75, 3.05) is 11.2 Å². The molecule has 0 aromatic heterocycles. The van der Waals surface area contributed by atoms with Gasteiger partial charge in [0, 0.05) is 6.26 Å². The van der Waals surface area contributed by atoms with E-state index in [1.165, 1.54) is 24.3 Å². The number of carbonyl (C=O) groups excluding carboxylic acids is 2. The summed E-state index contributed by atoms with van der Waals surface area (Å²) in [5, 5.41) is 6.90. The van der Waals surface area contributed by atoms with Gasteiger partial charge in [-0.15, -0.1) is 0 Å². The van der Waals surface area contributed by atoms with Gasteiger partial charge in [-0.3, -0.25) is 9.59 Å². The van der Waals surface area contributed by atoms with E-state index in [2.05, 4.69) is 6.58 Å². The van der Waals surface area contributed by atoms with Gasteiger partial charge in [0.2, 0.25) is 0 Å². The van der Waals surface area contributed by atoms with Gasteiger partial charge in [0.05, 0.1) is 16.8 Å². The van der Waals surface area contributed by atoms with Gasteiger partial charge in [-0.05, 0) is 30.3 Å². The SMILES string of the molecule is C=CC(=O)N(C(=O)C=N)c1ccc(S(C)(=O)=O)cc1. The minimum absolute atomic E-state index is 0.0737. The fraction of sp³-hybridized carbons (Fsp3) is 0.0833. The van der Waals surface area contributed by atoms with Gasteiger partial charge in [0.1, 0.15) is 0 Å². The summed E-state index contributed by atoms with van der Waals surface area (Å²) in [6.07, 6.45) is 2.48. The van der Waals surface area contributed by atoms with Gasteiger partial charge in [-0.1, -0.05) is 6.58 Å². The summed E-state index contributed by atoms with van der Waals surface area (Å²) in [5.41, 5.74) is 0.172. The highest BCUT2D eigenvalue weighted by Crippen LogP contribution is 2.18. The zero-order valence-electron chi connectivity index (χ0n) is 10.2. The zero-order chi connectivity index (χ0) is 14.6. The van der Waals surface area contributed by atoms with Crippen LogP contribution in [0.4, 0.5) is 5.69 Å². The van der Waals surface area contributed by atoms with Crippen LogP contribution in [0.25, 0.3) is 0 Å². The van der Waals surface area contributed by atoms with Crippen LogP contribution < -0.4 is 4.90 Å². The topological polar surface area (TPSA) is 95.4 Å². The Morgan fingerprint density at radius 1 is 1.21 bits per heavy atom. The quantitative estimate of drug-likeness (QED) is 0.651. The monoisotopic (exact) mass is 280 g/mol. The molecule has 0 radical (unpaired) electrons. The zero-order valence-corrected chi connectivity index (χ0v) is 11.0. The number of sulfone groups is 1. The molecule has 0 aliphatic carbocycles. The Morgan fingerprint density at radius 3 is 2.11 bits per heavy atom. The third kappa shape index (κ3) is 3.35. The van der Waals surface area contributed by atoms with E-state index in [1.807, 2.05) is 0 Å². The molecule has 0 bridgehead atoms. The van der Waals surface area contributed by atoms with Crippen LogP contribution in [0.2, 0.25) is 0 Å². The van der Waals surface area contributed by atoms with Crippen LogP contribution in [0.15, 0.2) is 41.8 Å². The Labute approximate surface area is 110 Å². The third-order valence-electron chi connectivity index (χ3n) is 2.26. The van der Waals surface area contributed by atoms with Crippen LogP contribution in [-0.2, 0) is 19.4 Å². The molecule has 1 rings (SSSR count). The molecule has 0 spiro atoms. The van der Waals surface area contributed by atoms with E-state index in [0.29, 0.717) is 6.21 Å². The van der Waals surface area contributed by atoms with E-state index >= 15 is 0 Å². The van der Waals surface area contributed by atoms with Crippen molar-refractivity contribution < 1.29 is 18.0 Å². The van der Waals surface area contributed by atoms with Crippen molar-refractivity contribution in [3.8, 4) is 0 Å². The number of nitrogens with one attached hydrogen (secondary N) is 1. The van der Waals surface area contributed by atoms with Crippen molar-refractivity contribution in [3.63, 3.8) is 0 Å². The molecule has 19 heavy (non-hydrogen) atoms. The van der Waals surface area contributed by atoms with Crippen LogP contribution in [-0.4, -0.2) is 32.7 Å². The molecule has 6 nitrogen and oxygen atoms in total. The summed E-state index contributed by atoms with van der Waals surface area (Å²) in [4.78, 5) is 23.9. The number of anilines is 1. The van der Waals surface area contributed by atoms with Crippen LogP contribution in [0.3, 0.4) is 0 Å². The Bertz CT molecular complexity index is 612. The molecule has 0 aliphatic rings. The predicted molar refractivity (Wildman–Crippen MR) is 71.0 cm³/mol. The van der Waals surface area contributed by atoms with Crippen LogP contribution >= 0.6 is 0 Å². The number of amides is 2. The molecular weight excluding hydrogens is 268 g/mol. The predicted octanol–water partition coefficient (Wildman–Crippen LogP) is 0.785. The number of imide groups is 1. The molecule has 1 N–H and O–H groups in total. The largest absolute Gasteiger partial charge is 0.303 e. The highest BCUT2D eigenvalue weighted by molar-refractivity contribution is 7.90. The molecule has 0 heterocycles. The molecule has 7 heteroatoms. The smallest absolute Gasteiger partial charge is 0.275 e. The lowest BCUT2D eigenvalue weighted by molar-refractivity contribution is -0.120. The van der Waals surface area contributed by atoms with Gasteiger partial charge < -0.3 is 5.41 Å². The Hall–Kier alpha value is -2.28. The molecule has 0 unspecified atom stereocenters. The summed E-state index contributed by atoms with van der Waals surface area (Å²) in [5.74, 6) is -1.53. The lowest BCUT2D eigenvalue weighted by atomic mass is 10.2. The second-order valence-corrected chi connectivity index (χ2v) is 5.64. The summed E-state index contributed by atoms with van der Waals surface area (Å²) >= 11 is 0. The second-order valence-electron chi connectivity index (χ2n) is 3.63. The van der Waals surface area contributed by atoms with Crippen molar-refractivity contribution in [2.24, 2.45) is 0 Å². The first kappa shape index (κ1) is 14.8. The van der Waals surface area contributed by atoms with Gasteiger partial charge in [-0.25, -0.2) is 13.3 Å². The highest BCUT2D eigenvalue weighted by atomic mass is 32.2. The molecule has 0 aliphatic heterocycles. The number of rotatable bonds is 4. The Balaban J connectivity index is 3.25. The van der Waals surface area contributed by atoms with Crippen molar-refractivity contribution >= 4 is 33.6 Å². The standard InChI is InChI=1S/C12H12N2O4S/c1-3-11(15)14(12(16)8-13)9-4-6-10(7-5-9)19(2,17)18/h3-8,13H,1H2,2H3. The summed E-state index contributed by atoms with van der Waals surface area (Å²) in [6.45, 7) is 3.27. The van der Waals surface area contributed by atoms with E-state index < -0.39 is 21.7 Å². The number of nitrogens with zero attached hydrogens (tertiary/aromatic N) is 1. The number of benzene rings is 1. The second kappa shape index (κ2) is 5.57. The van der Waals surface area contributed by atoms with Crippen molar-refractivity contribution in [3.05, 3.63) is 36.9 Å². The van der Waals surface area contributed by atoms with Crippen molar-refractivity contribution in [2.45, 2.75) is 4.90 Å². The van der Waals surface area contributed by atoms with Crippen LogP contribution in [0.1, 0.15) is 0 Å². The van der Waals surface area contributed by atoms with E-state index in [4.69, 9.17) is 5.41 Å². The average Bonchev–Trinajstić information content (AvgIpc) is 2.38. The minimum Gasteiger partial charge on any atom is -0.303 e. The first-order valence-corrected chi connectivity index (χ1v) is 7.01. The van der Waals surface area contributed by atoms with Crippen LogP contribution in [0.5, 0.6) is 0 Å². The molecule has 0 saturated heterocycles. The molecular formula is C12H12N2O4S. The summed E-state index contributed by atoms with van der Waals surface area (Å²) in [6, 6.07) is 5.20. The van der Waals surface area contributed by atoms with E-state index in [0.717, 1.165) is 17.2 Å². The number of hydrogen-bond donors (Lipinski definition) is 1. The average molecular weight is 280 g/mol. The van der Waals surface area contributed by atoms with Gasteiger partial charge in [-0.2, -0.15) is 0 Å².